The summed E-state index contributed by atoms with van der Waals surface area (Å²) in [4.78, 5) is 11.3. The molecule has 10 atom stereocenters. The van der Waals surface area contributed by atoms with Crippen molar-refractivity contribution in [3.8, 4) is 0 Å². The van der Waals surface area contributed by atoms with E-state index in [-0.39, 0.29) is 0 Å². The quantitative estimate of drug-likeness (QED) is 0.226. The van der Waals surface area contributed by atoms with Gasteiger partial charge in [-0.2, -0.15) is 0 Å². The predicted octanol–water partition coefficient (Wildman–Crippen LogP) is -5.25. The molecule has 0 radical (unpaired) electrons. The van der Waals surface area contributed by atoms with Crippen LogP contribution in [-0.2, 0) is 19.0 Å². The number of hydrogen-bond acceptors (Lipinski definition) is 11. The molecular formula is C14H25NO11. The molecule has 4 unspecified atom stereocenters. The summed E-state index contributed by atoms with van der Waals surface area (Å²) in [5.74, 6) is -0.538. The molecule has 1 amide bonds. The van der Waals surface area contributed by atoms with E-state index in [2.05, 4.69) is 5.32 Å². The minimum atomic E-state index is -1.75. The highest BCUT2D eigenvalue weighted by Gasteiger charge is 2.47. The number of ether oxygens (including phenoxy) is 3. The number of carbonyl (C=O) groups is 1. The van der Waals surface area contributed by atoms with Crippen molar-refractivity contribution in [3.05, 3.63) is 0 Å². The molecule has 12 heteroatoms. The third-order valence-electron chi connectivity index (χ3n) is 4.36. The van der Waals surface area contributed by atoms with Gasteiger partial charge in [-0.05, 0) is 0 Å². The van der Waals surface area contributed by atoms with Crippen LogP contribution >= 0.6 is 0 Å². The third-order valence-corrected chi connectivity index (χ3v) is 4.36. The highest BCUT2D eigenvalue weighted by Crippen LogP contribution is 2.25. The molecule has 0 bridgehead atoms. The lowest BCUT2D eigenvalue weighted by atomic mass is 9.96. The summed E-state index contributed by atoms with van der Waals surface area (Å²) in [6.07, 6.45) is -13.5. The van der Waals surface area contributed by atoms with Crippen molar-refractivity contribution < 1.29 is 54.8 Å². The first-order chi connectivity index (χ1) is 12.2. The highest BCUT2D eigenvalue weighted by atomic mass is 16.7. The van der Waals surface area contributed by atoms with Gasteiger partial charge in [0, 0.05) is 6.92 Å². The van der Waals surface area contributed by atoms with Crippen molar-refractivity contribution in [2.24, 2.45) is 0 Å². The van der Waals surface area contributed by atoms with Crippen molar-refractivity contribution in [1.29, 1.82) is 0 Å². The van der Waals surface area contributed by atoms with Gasteiger partial charge in [-0.25, -0.2) is 0 Å². The molecule has 0 aromatic rings. The Bertz CT molecular complexity index is 480. The van der Waals surface area contributed by atoms with Crippen LogP contribution in [0.15, 0.2) is 0 Å². The van der Waals surface area contributed by atoms with E-state index in [1.807, 2.05) is 0 Å². The number of aliphatic hydroxyl groups excluding tert-OH is 7. The van der Waals surface area contributed by atoms with Gasteiger partial charge in [0.15, 0.2) is 12.6 Å². The van der Waals surface area contributed by atoms with Gasteiger partial charge in [-0.15, -0.1) is 0 Å². The van der Waals surface area contributed by atoms with Crippen molar-refractivity contribution in [2.75, 3.05) is 13.2 Å². The zero-order valence-corrected chi connectivity index (χ0v) is 14.0. The lowest BCUT2D eigenvalue weighted by molar-refractivity contribution is -0.311. The first-order valence-electron chi connectivity index (χ1n) is 8.06. The molecule has 0 spiro atoms. The number of nitrogens with one attached hydrogen (secondary N) is 1. The van der Waals surface area contributed by atoms with Crippen LogP contribution in [-0.4, -0.2) is 116 Å². The van der Waals surface area contributed by atoms with Gasteiger partial charge >= 0.3 is 0 Å². The van der Waals surface area contributed by atoms with E-state index in [0.29, 0.717) is 0 Å². The van der Waals surface area contributed by atoms with Crippen LogP contribution in [0.3, 0.4) is 0 Å². The summed E-state index contributed by atoms with van der Waals surface area (Å²) in [6.45, 7) is 0.0944. The summed E-state index contributed by atoms with van der Waals surface area (Å²) in [5.41, 5.74) is 0. The van der Waals surface area contributed by atoms with E-state index in [0.717, 1.165) is 0 Å². The molecule has 2 heterocycles. The van der Waals surface area contributed by atoms with Crippen molar-refractivity contribution in [2.45, 2.75) is 68.3 Å². The Balaban J connectivity index is 2.05. The van der Waals surface area contributed by atoms with E-state index < -0.39 is 80.5 Å². The molecule has 12 nitrogen and oxygen atoms in total. The zero-order valence-electron chi connectivity index (χ0n) is 14.0. The first-order valence-corrected chi connectivity index (χ1v) is 8.06. The predicted molar refractivity (Wildman–Crippen MR) is 80.2 cm³/mol. The van der Waals surface area contributed by atoms with Crippen molar-refractivity contribution >= 4 is 5.91 Å². The second-order valence-corrected chi connectivity index (χ2v) is 6.30. The second kappa shape index (κ2) is 8.84. The molecule has 0 saturated carbocycles. The average molecular weight is 383 g/mol. The van der Waals surface area contributed by atoms with E-state index in [1.54, 1.807) is 0 Å². The number of carbonyl (C=O) groups excluding carboxylic acids is 1. The first kappa shape index (κ1) is 21.4. The SMILES string of the molecule is CC(=O)NC1[C@@H](OCC2O[C@@H](O)C(O)[C@@H](O)[C@H]2O)OC(CO)[C@H](O)[C@@H]1O. The molecule has 2 rings (SSSR count). The number of amides is 1. The molecule has 0 aromatic carbocycles. The summed E-state index contributed by atoms with van der Waals surface area (Å²) < 4.78 is 15.7. The summed E-state index contributed by atoms with van der Waals surface area (Å²) in [5, 5.41) is 70.1. The molecule has 0 aliphatic carbocycles. The van der Waals surface area contributed by atoms with Gasteiger partial charge < -0.3 is 55.3 Å². The standard InChI is InChI=1S/C14H25NO11/c1-4(17)15-7-10(20)8(18)5(2-16)26-14(7)24-3-6-9(19)11(21)12(22)13(23)25-6/h5-14,16,18-23H,2-3H2,1H3,(H,15,17)/t5?,6?,7?,8-,9-,10+,11-,12?,13+,14-/m0/s1. The Morgan fingerprint density at radius 2 is 1.54 bits per heavy atom. The molecule has 2 aliphatic rings. The van der Waals surface area contributed by atoms with E-state index in [9.17, 15) is 40.5 Å². The van der Waals surface area contributed by atoms with Crippen LogP contribution in [0.1, 0.15) is 6.92 Å². The van der Waals surface area contributed by atoms with Crippen molar-refractivity contribution in [3.63, 3.8) is 0 Å². The summed E-state index contributed by atoms with van der Waals surface area (Å²) in [6, 6.07) is -1.19. The molecule has 26 heavy (non-hydrogen) atoms. The Kier molecular flexibility index (Phi) is 7.27. The number of aliphatic hydroxyl groups is 7. The van der Waals surface area contributed by atoms with Crippen LogP contribution < -0.4 is 5.32 Å². The van der Waals surface area contributed by atoms with Gasteiger partial charge in [0.05, 0.1) is 13.2 Å². The Morgan fingerprint density at radius 1 is 0.923 bits per heavy atom. The molecular weight excluding hydrogens is 358 g/mol. The van der Waals surface area contributed by atoms with E-state index >= 15 is 0 Å². The average Bonchev–Trinajstić information content (AvgIpc) is 2.60. The summed E-state index contributed by atoms with van der Waals surface area (Å²) >= 11 is 0. The Morgan fingerprint density at radius 3 is 2.12 bits per heavy atom. The maximum absolute atomic E-state index is 11.3. The van der Waals surface area contributed by atoms with E-state index in [1.165, 1.54) is 6.92 Å². The molecule has 2 fully saturated rings. The molecule has 2 saturated heterocycles. The van der Waals surface area contributed by atoms with Gasteiger partial charge in [0.1, 0.15) is 48.8 Å². The van der Waals surface area contributed by atoms with Gasteiger partial charge in [-0.1, -0.05) is 0 Å². The van der Waals surface area contributed by atoms with Crippen LogP contribution in [0.25, 0.3) is 0 Å². The Labute approximate surface area is 148 Å². The van der Waals surface area contributed by atoms with Crippen molar-refractivity contribution in [1.82, 2.24) is 5.32 Å². The highest BCUT2D eigenvalue weighted by molar-refractivity contribution is 5.73. The van der Waals surface area contributed by atoms with E-state index in [4.69, 9.17) is 14.2 Å². The third kappa shape index (κ3) is 4.48. The number of hydrogen-bond donors (Lipinski definition) is 8. The molecule has 152 valence electrons. The fourth-order valence-electron chi connectivity index (χ4n) is 2.87. The normalized spacial score (nSPS) is 46.8. The zero-order chi connectivity index (χ0) is 19.6. The second-order valence-electron chi connectivity index (χ2n) is 6.30. The fraction of sp³-hybridized carbons (Fsp3) is 0.929. The largest absolute Gasteiger partial charge is 0.394 e. The van der Waals surface area contributed by atoms with Crippen LogP contribution in [0.4, 0.5) is 0 Å². The maximum atomic E-state index is 11.3. The van der Waals surface area contributed by atoms with Crippen LogP contribution in [0.5, 0.6) is 0 Å². The van der Waals surface area contributed by atoms with Gasteiger partial charge in [0.2, 0.25) is 5.91 Å². The van der Waals surface area contributed by atoms with Crippen LogP contribution in [0.2, 0.25) is 0 Å². The molecule has 2 aliphatic heterocycles. The van der Waals surface area contributed by atoms with Crippen LogP contribution in [0, 0.1) is 0 Å². The minimum Gasteiger partial charge on any atom is -0.394 e. The Hall–Kier alpha value is -0.930. The smallest absolute Gasteiger partial charge is 0.217 e. The number of rotatable bonds is 5. The minimum absolute atomic E-state index is 0.455. The maximum Gasteiger partial charge on any atom is 0.217 e. The fourth-order valence-corrected chi connectivity index (χ4v) is 2.87. The molecule has 0 aromatic heterocycles. The topological polar surface area (TPSA) is 198 Å². The van der Waals surface area contributed by atoms with Gasteiger partial charge in [0.25, 0.3) is 0 Å². The lowest BCUT2D eigenvalue weighted by Gasteiger charge is -2.43. The summed E-state index contributed by atoms with van der Waals surface area (Å²) in [7, 11) is 0. The monoisotopic (exact) mass is 383 g/mol. The molecule has 8 N–H and O–H groups in total. The van der Waals surface area contributed by atoms with Gasteiger partial charge in [-0.3, -0.25) is 4.79 Å². The lowest BCUT2D eigenvalue weighted by Crippen LogP contribution is -2.65.